The van der Waals surface area contributed by atoms with Crippen molar-refractivity contribution < 1.29 is 22.0 Å². The molecule has 1 unspecified atom stereocenters. The number of hydrogen-bond acceptors (Lipinski definition) is 5. The highest BCUT2D eigenvalue weighted by atomic mass is 32.2. The quantitative estimate of drug-likeness (QED) is 0.766. The summed E-state index contributed by atoms with van der Waals surface area (Å²) < 4.78 is 33.5. The van der Waals surface area contributed by atoms with Crippen LogP contribution >= 0.6 is 0 Å². The monoisotopic (exact) mass is 347 g/mol. The number of carbonyl (C=O) groups excluding carboxylic acids is 1. The van der Waals surface area contributed by atoms with Gasteiger partial charge in [0, 0.05) is 11.6 Å². The van der Waals surface area contributed by atoms with Gasteiger partial charge in [-0.2, -0.15) is 0 Å². The van der Waals surface area contributed by atoms with Crippen LogP contribution in [-0.2, 0) is 15.6 Å². The minimum Gasteiger partial charge on any atom is -0.459 e. The molecular weight excluding hydrogens is 330 g/mol. The maximum Gasteiger partial charge on any atom is 0.287 e. The minimum atomic E-state index is -3.21. The number of carbonyl (C=O) groups is 1. The number of sulfone groups is 1. The summed E-state index contributed by atoms with van der Waals surface area (Å²) in [6.45, 7) is 1.80. The summed E-state index contributed by atoms with van der Waals surface area (Å²) in [6, 6.07) is 12.1. The molecule has 1 amide bonds. The smallest absolute Gasteiger partial charge is 0.287 e. The van der Waals surface area contributed by atoms with Crippen molar-refractivity contribution in [3.05, 3.63) is 59.7 Å². The third-order valence-corrected chi connectivity index (χ3v) is 4.32. The number of furan rings is 2. The largest absolute Gasteiger partial charge is 0.459 e. The van der Waals surface area contributed by atoms with Crippen molar-refractivity contribution in [3.63, 3.8) is 0 Å². The van der Waals surface area contributed by atoms with Gasteiger partial charge in [0.05, 0.1) is 6.04 Å². The van der Waals surface area contributed by atoms with E-state index in [1.54, 1.807) is 6.92 Å². The molecule has 0 bridgehead atoms. The lowest BCUT2D eigenvalue weighted by Crippen LogP contribution is -2.25. The van der Waals surface area contributed by atoms with Crippen molar-refractivity contribution >= 4 is 26.7 Å². The van der Waals surface area contributed by atoms with Crippen LogP contribution in [0.3, 0.4) is 0 Å². The lowest BCUT2D eigenvalue weighted by Gasteiger charge is -2.09. The number of rotatable bonds is 5. The molecule has 3 rings (SSSR count). The van der Waals surface area contributed by atoms with Gasteiger partial charge in [-0.1, -0.05) is 18.2 Å². The molecule has 0 spiro atoms. The molecule has 0 saturated carbocycles. The van der Waals surface area contributed by atoms with Gasteiger partial charge in [-0.3, -0.25) is 4.79 Å². The van der Waals surface area contributed by atoms with Crippen molar-refractivity contribution in [2.75, 3.05) is 6.26 Å². The van der Waals surface area contributed by atoms with Gasteiger partial charge in [0.1, 0.15) is 22.9 Å². The van der Waals surface area contributed by atoms with Crippen LogP contribution < -0.4 is 5.32 Å². The van der Waals surface area contributed by atoms with E-state index in [1.807, 2.05) is 30.3 Å². The maximum absolute atomic E-state index is 12.2. The second-order valence-corrected chi connectivity index (χ2v) is 7.86. The van der Waals surface area contributed by atoms with Crippen LogP contribution in [0.2, 0.25) is 0 Å². The molecule has 0 aliphatic heterocycles. The highest BCUT2D eigenvalue weighted by Gasteiger charge is 2.18. The van der Waals surface area contributed by atoms with Gasteiger partial charge < -0.3 is 14.2 Å². The van der Waals surface area contributed by atoms with Gasteiger partial charge in [0.2, 0.25) is 0 Å². The Kier molecular flexibility index (Phi) is 4.19. The summed E-state index contributed by atoms with van der Waals surface area (Å²) >= 11 is 0. The molecule has 1 atom stereocenters. The summed E-state index contributed by atoms with van der Waals surface area (Å²) in [7, 11) is -3.21. The van der Waals surface area contributed by atoms with E-state index in [0.717, 1.165) is 17.2 Å². The molecule has 6 nitrogen and oxygen atoms in total. The van der Waals surface area contributed by atoms with Crippen LogP contribution in [0.15, 0.2) is 51.3 Å². The molecule has 0 saturated heterocycles. The molecule has 24 heavy (non-hydrogen) atoms. The first-order chi connectivity index (χ1) is 11.3. The second-order valence-electron chi connectivity index (χ2n) is 5.72. The number of nitrogens with one attached hydrogen (secondary N) is 1. The average molecular weight is 347 g/mol. The van der Waals surface area contributed by atoms with E-state index < -0.39 is 15.7 Å². The summed E-state index contributed by atoms with van der Waals surface area (Å²) in [4.78, 5) is 12.2. The van der Waals surface area contributed by atoms with E-state index in [0.29, 0.717) is 5.76 Å². The first kappa shape index (κ1) is 16.3. The van der Waals surface area contributed by atoms with E-state index >= 15 is 0 Å². The van der Waals surface area contributed by atoms with Crippen LogP contribution in [0, 0.1) is 0 Å². The first-order valence-corrected chi connectivity index (χ1v) is 9.44. The molecule has 0 aliphatic carbocycles. The molecule has 1 aromatic carbocycles. The zero-order valence-electron chi connectivity index (χ0n) is 13.3. The number of fused-ring (bicyclic) bond motifs is 1. The van der Waals surface area contributed by atoms with E-state index in [2.05, 4.69) is 5.32 Å². The highest BCUT2D eigenvalue weighted by Crippen LogP contribution is 2.24. The Balaban J connectivity index is 1.72. The molecule has 0 aliphatic rings. The Morgan fingerprint density at radius 3 is 2.62 bits per heavy atom. The predicted molar refractivity (Wildman–Crippen MR) is 89.4 cm³/mol. The normalized spacial score (nSPS) is 13.1. The summed E-state index contributed by atoms with van der Waals surface area (Å²) in [6.07, 6.45) is 1.11. The molecule has 3 aromatic rings. The predicted octanol–water partition coefficient (Wildman–Crippen LogP) is 3.06. The van der Waals surface area contributed by atoms with Gasteiger partial charge in [0.15, 0.2) is 15.6 Å². The summed E-state index contributed by atoms with van der Waals surface area (Å²) in [5, 5.41) is 3.73. The lowest BCUT2D eigenvalue weighted by molar-refractivity contribution is 0.0906. The fraction of sp³-hybridized carbons (Fsp3) is 0.235. The fourth-order valence-corrected chi connectivity index (χ4v) is 3.06. The Morgan fingerprint density at radius 1 is 1.17 bits per heavy atom. The molecule has 2 aromatic heterocycles. The highest BCUT2D eigenvalue weighted by molar-refractivity contribution is 7.89. The molecule has 2 heterocycles. The van der Waals surface area contributed by atoms with Crippen LogP contribution in [-0.4, -0.2) is 20.6 Å². The average Bonchev–Trinajstić information content (AvgIpc) is 3.11. The van der Waals surface area contributed by atoms with Gasteiger partial charge in [-0.25, -0.2) is 8.42 Å². The van der Waals surface area contributed by atoms with Crippen molar-refractivity contribution in [1.29, 1.82) is 0 Å². The summed E-state index contributed by atoms with van der Waals surface area (Å²) in [5.74, 6) is 0.269. The molecule has 1 N–H and O–H groups in total. The van der Waals surface area contributed by atoms with E-state index in [9.17, 15) is 13.2 Å². The lowest BCUT2D eigenvalue weighted by atomic mass is 10.2. The fourth-order valence-electron chi connectivity index (χ4n) is 2.39. The Bertz CT molecular complexity index is 950. The van der Waals surface area contributed by atoms with Crippen LogP contribution in [0.4, 0.5) is 0 Å². The molecule has 7 heteroatoms. The van der Waals surface area contributed by atoms with Crippen molar-refractivity contribution in [2.24, 2.45) is 0 Å². The van der Waals surface area contributed by atoms with E-state index in [-0.39, 0.29) is 23.3 Å². The number of para-hydroxylation sites is 1. The first-order valence-electron chi connectivity index (χ1n) is 7.37. The zero-order chi connectivity index (χ0) is 17.3. The molecule has 0 fully saturated rings. The zero-order valence-corrected chi connectivity index (χ0v) is 14.1. The van der Waals surface area contributed by atoms with Gasteiger partial charge in [-0.15, -0.1) is 0 Å². The van der Waals surface area contributed by atoms with Gasteiger partial charge in [-0.05, 0) is 31.2 Å². The van der Waals surface area contributed by atoms with Gasteiger partial charge in [0.25, 0.3) is 5.91 Å². The van der Waals surface area contributed by atoms with E-state index in [1.165, 1.54) is 12.1 Å². The van der Waals surface area contributed by atoms with Gasteiger partial charge >= 0.3 is 0 Å². The summed E-state index contributed by atoms with van der Waals surface area (Å²) in [5.41, 5.74) is 0.752. The SMILES string of the molecule is CC(NC(=O)c1ccc(CS(C)(=O)=O)o1)c1cc2ccccc2o1. The van der Waals surface area contributed by atoms with Crippen molar-refractivity contribution in [2.45, 2.75) is 18.7 Å². The molecule has 0 radical (unpaired) electrons. The van der Waals surface area contributed by atoms with Crippen LogP contribution in [0.5, 0.6) is 0 Å². The Morgan fingerprint density at radius 2 is 1.92 bits per heavy atom. The van der Waals surface area contributed by atoms with Crippen molar-refractivity contribution in [1.82, 2.24) is 5.32 Å². The third kappa shape index (κ3) is 3.68. The minimum absolute atomic E-state index is 0.0663. The Labute approximate surface area is 139 Å². The second kappa shape index (κ2) is 6.16. The topological polar surface area (TPSA) is 89.5 Å². The number of benzene rings is 1. The standard InChI is InChI=1S/C17H17NO5S/c1-11(16-9-12-5-3-4-6-14(12)23-16)18-17(19)15-8-7-13(22-15)10-24(2,20)21/h3-9,11H,10H2,1-2H3,(H,18,19). The maximum atomic E-state index is 12.2. The number of amides is 1. The van der Waals surface area contributed by atoms with Crippen LogP contribution in [0.1, 0.15) is 35.0 Å². The molecular formula is C17H17NO5S. The van der Waals surface area contributed by atoms with E-state index in [4.69, 9.17) is 8.83 Å². The third-order valence-electron chi connectivity index (χ3n) is 3.51. The number of hydrogen-bond donors (Lipinski definition) is 1. The Hall–Kier alpha value is -2.54. The molecule has 126 valence electrons. The van der Waals surface area contributed by atoms with Crippen molar-refractivity contribution in [3.8, 4) is 0 Å². The van der Waals surface area contributed by atoms with Crippen LogP contribution in [0.25, 0.3) is 11.0 Å².